The lowest BCUT2D eigenvalue weighted by atomic mass is 10.1. The third-order valence-corrected chi connectivity index (χ3v) is 2.85. The number of hydrogen-bond donors (Lipinski definition) is 3. The summed E-state index contributed by atoms with van der Waals surface area (Å²) in [5.41, 5.74) is 11.2. The van der Waals surface area contributed by atoms with E-state index in [4.69, 9.17) is 11.5 Å². The van der Waals surface area contributed by atoms with Gasteiger partial charge in [0.05, 0.1) is 11.1 Å². The first-order valence-corrected chi connectivity index (χ1v) is 6.54. The van der Waals surface area contributed by atoms with Crippen LogP contribution < -0.4 is 16.8 Å². The molecule has 104 valence electrons. The Hall–Kier alpha value is -1.88. The molecule has 0 spiro atoms. The zero-order valence-electron chi connectivity index (χ0n) is 11.0. The van der Waals surface area contributed by atoms with Crippen LogP contribution in [0.4, 0.5) is 0 Å². The summed E-state index contributed by atoms with van der Waals surface area (Å²) in [5.74, 6) is -0.845. The molecule has 0 heterocycles. The van der Waals surface area contributed by atoms with Crippen LogP contribution in [0, 0.1) is 0 Å². The van der Waals surface area contributed by atoms with Crippen LogP contribution >= 0.6 is 0 Å². The van der Waals surface area contributed by atoms with Gasteiger partial charge in [0.2, 0.25) is 5.91 Å². The van der Waals surface area contributed by atoms with E-state index in [2.05, 4.69) is 5.32 Å². The van der Waals surface area contributed by atoms with Gasteiger partial charge in [-0.1, -0.05) is 25.0 Å². The number of nitrogens with one attached hydrogen (secondary N) is 1. The maximum Gasteiger partial charge on any atom is 0.252 e. The highest BCUT2D eigenvalue weighted by atomic mass is 16.2. The molecule has 0 saturated heterocycles. The number of carbonyl (C=O) groups is 2. The number of nitrogens with two attached hydrogens (primary N) is 2. The second-order valence-electron chi connectivity index (χ2n) is 4.37. The van der Waals surface area contributed by atoms with E-state index in [1.165, 1.54) is 0 Å². The number of unbranched alkanes of at least 4 members (excludes halogenated alkanes) is 3. The van der Waals surface area contributed by atoms with E-state index in [0.717, 1.165) is 25.7 Å². The molecule has 1 aromatic carbocycles. The molecule has 0 fully saturated rings. The Bertz CT molecular complexity index is 432. The van der Waals surface area contributed by atoms with Gasteiger partial charge in [-0.25, -0.2) is 0 Å². The maximum absolute atomic E-state index is 11.9. The molecule has 5 heteroatoms. The molecule has 0 aliphatic heterocycles. The molecule has 0 aromatic heterocycles. The van der Waals surface area contributed by atoms with Crippen molar-refractivity contribution >= 4 is 11.8 Å². The quantitative estimate of drug-likeness (QED) is 0.611. The van der Waals surface area contributed by atoms with Gasteiger partial charge in [0.15, 0.2) is 0 Å². The summed E-state index contributed by atoms with van der Waals surface area (Å²) in [6.07, 6.45) is 4.03. The fourth-order valence-corrected chi connectivity index (χ4v) is 1.82. The Morgan fingerprint density at radius 1 is 1.00 bits per heavy atom. The topological polar surface area (TPSA) is 98.2 Å². The number of primary amides is 1. The fraction of sp³-hybridized carbons (Fsp3) is 0.429. The van der Waals surface area contributed by atoms with Gasteiger partial charge in [-0.3, -0.25) is 9.59 Å². The Balaban J connectivity index is 2.43. The molecule has 0 aliphatic carbocycles. The van der Waals surface area contributed by atoms with Gasteiger partial charge in [-0.2, -0.15) is 0 Å². The smallest absolute Gasteiger partial charge is 0.252 e. The van der Waals surface area contributed by atoms with E-state index >= 15 is 0 Å². The molecule has 1 aromatic rings. The van der Waals surface area contributed by atoms with Crippen molar-refractivity contribution in [2.75, 3.05) is 13.1 Å². The Morgan fingerprint density at radius 3 is 2.26 bits per heavy atom. The van der Waals surface area contributed by atoms with Gasteiger partial charge in [-0.05, 0) is 31.5 Å². The zero-order valence-corrected chi connectivity index (χ0v) is 11.0. The van der Waals surface area contributed by atoms with E-state index in [0.29, 0.717) is 18.7 Å². The van der Waals surface area contributed by atoms with Crippen molar-refractivity contribution in [3.8, 4) is 0 Å². The molecular formula is C14H21N3O2. The first-order chi connectivity index (χ1) is 9.16. The van der Waals surface area contributed by atoms with Crippen LogP contribution in [-0.4, -0.2) is 24.9 Å². The third-order valence-electron chi connectivity index (χ3n) is 2.85. The van der Waals surface area contributed by atoms with E-state index in [-0.39, 0.29) is 11.5 Å². The average Bonchev–Trinajstić information content (AvgIpc) is 2.42. The minimum atomic E-state index is -0.589. The van der Waals surface area contributed by atoms with E-state index < -0.39 is 5.91 Å². The lowest BCUT2D eigenvalue weighted by Gasteiger charge is -2.07. The number of benzene rings is 1. The lowest BCUT2D eigenvalue weighted by molar-refractivity contribution is 0.0935. The van der Waals surface area contributed by atoms with Crippen LogP contribution in [0.15, 0.2) is 24.3 Å². The summed E-state index contributed by atoms with van der Waals surface area (Å²) in [4.78, 5) is 23.1. The van der Waals surface area contributed by atoms with E-state index in [1.807, 2.05) is 0 Å². The Morgan fingerprint density at radius 2 is 1.63 bits per heavy atom. The molecule has 2 amide bonds. The third kappa shape index (κ3) is 5.09. The molecule has 0 unspecified atom stereocenters. The summed E-state index contributed by atoms with van der Waals surface area (Å²) in [6.45, 7) is 1.30. The van der Waals surface area contributed by atoms with Crippen LogP contribution in [0.5, 0.6) is 0 Å². The highest BCUT2D eigenvalue weighted by Gasteiger charge is 2.13. The monoisotopic (exact) mass is 263 g/mol. The SMILES string of the molecule is NCCCCCCNC(=O)c1ccccc1C(N)=O. The fourth-order valence-electron chi connectivity index (χ4n) is 1.82. The van der Waals surface area contributed by atoms with Crippen LogP contribution in [0.25, 0.3) is 0 Å². The standard InChI is InChI=1S/C14H21N3O2/c15-9-5-1-2-6-10-17-14(19)12-8-4-3-7-11(12)13(16)18/h3-4,7-8H,1-2,5-6,9-10,15H2,(H2,16,18)(H,17,19). The zero-order chi connectivity index (χ0) is 14.1. The van der Waals surface area contributed by atoms with E-state index in [1.54, 1.807) is 24.3 Å². The lowest BCUT2D eigenvalue weighted by Crippen LogP contribution is -2.27. The number of rotatable bonds is 8. The van der Waals surface area contributed by atoms with Crippen molar-refractivity contribution in [2.24, 2.45) is 11.5 Å². The molecule has 0 aliphatic rings. The summed E-state index contributed by atoms with van der Waals surface area (Å²) in [6, 6.07) is 6.55. The second-order valence-corrected chi connectivity index (χ2v) is 4.37. The molecule has 0 saturated carbocycles. The van der Waals surface area contributed by atoms with E-state index in [9.17, 15) is 9.59 Å². The number of amides is 2. The van der Waals surface area contributed by atoms with Gasteiger partial charge < -0.3 is 16.8 Å². The van der Waals surface area contributed by atoms with Crippen molar-refractivity contribution in [3.05, 3.63) is 35.4 Å². The summed E-state index contributed by atoms with van der Waals surface area (Å²) >= 11 is 0. The molecule has 0 radical (unpaired) electrons. The second kappa shape index (κ2) is 8.26. The molecule has 0 atom stereocenters. The molecule has 19 heavy (non-hydrogen) atoms. The van der Waals surface area contributed by atoms with Crippen LogP contribution in [0.1, 0.15) is 46.4 Å². The van der Waals surface area contributed by atoms with Gasteiger partial charge in [0, 0.05) is 6.54 Å². The molecule has 5 N–H and O–H groups in total. The molecule has 1 rings (SSSR count). The minimum Gasteiger partial charge on any atom is -0.366 e. The van der Waals surface area contributed by atoms with Gasteiger partial charge in [0.25, 0.3) is 5.91 Å². The number of hydrogen-bond acceptors (Lipinski definition) is 3. The normalized spacial score (nSPS) is 10.2. The molecular weight excluding hydrogens is 242 g/mol. The predicted molar refractivity (Wildman–Crippen MR) is 74.8 cm³/mol. The van der Waals surface area contributed by atoms with Gasteiger partial charge in [0.1, 0.15) is 0 Å². The van der Waals surface area contributed by atoms with Gasteiger partial charge >= 0.3 is 0 Å². The van der Waals surface area contributed by atoms with Crippen molar-refractivity contribution in [1.29, 1.82) is 0 Å². The van der Waals surface area contributed by atoms with Crippen LogP contribution in [0.2, 0.25) is 0 Å². The highest BCUT2D eigenvalue weighted by molar-refractivity contribution is 6.06. The van der Waals surface area contributed by atoms with Crippen LogP contribution in [-0.2, 0) is 0 Å². The number of carbonyl (C=O) groups excluding carboxylic acids is 2. The van der Waals surface area contributed by atoms with Gasteiger partial charge in [-0.15, -0.1) is 0 Å². The Kier molecular flexibility index (Phi) is 6.60. The average molecular weight is 263 g/mol. The first kappa shape index (κ1) is 15.2. The molecule has 5 nitrogen and oxygen atoms in total. The van der Waals surface area contributed by atoms with Crippen molar-refractivity contribution in [1.82, 2.24) is 5.32 Å². The minimum absolute atomic E-state index is 0.253. The molecule has 0 bridgehead atoms. The van der Waals surface area contributed by atoms with Crippen molar-refractivity contribution < 1.29 is 9.59 Å². The Labute approximate surface area is 113 Å². The van der Waals surface area contributed by atoms with Crippen LogP contribution in [0.3, 0.4) is 0 Å². The highest BCUT2D eigenvalue weighted by Crippen LogP contribution is 2.08. The van der Waals surface area contributed by atoms with Crippen molar-refractivity contribution in [2.45, 2.75) is 25.7 Å². The summed E-state index contributed by atoms with van der Waals surface area (Å²) in [7, 11) is 0. The first-order valence-electron chi connectivity index (χ1n) is 6.54. The summed E-state index contributed by atoms with van der Waals surface area (Å²) in [5, 5.41) is 2.79. The summed E-state index contributed by atoms with van der Waals surface area (Å²) < 4.78 is 0. The predicted octanol–water partition coefficient (Wildman–Crippen LogP) is 1.03. The largest absolute Gasteiger partial charge is 0.366 e. The maximum atomic E-state index is 11.9. The van der Waals surface area contributed by atoms with Crippen molar-refractivity contribution in [3.63, 3.8) is 0 Å².